The van der Waals surface area contributed by atoms with Crippen molar-refractivity contribution in [1.82, 2.24) is 31.0 Å². The van der Waals surface area contributed by atoms with Gasteiger partial charge in [-0.15, -0.1) is 10.2 Å². The molecule has 2 saturated heterocycles. The Morgan fingerprint density at radius 2 is 1.17 bits per heavy atom. The van der Waals surface area contributed by atoms with Crippen LogP contribution in [-0.4, -0.2) is 89.1 Å². The highest BCUT2D eigenvalue weighted by Gasteiger charge is 2.24. The molecule has 17 heteroatoms. The molecule has 0 radical (unpaired) electrons. The molecule has 2 aliphatic heterocycles. The molecule has 2 fully saturated rings. The Labute approximate surface area is 376 Å². The number of thiocarbonyl (C=S) groups is 2. The van der Waals surface area contributed by atoms with Gasteiger partial charge in [0.05, 0.1) is 32.2 Å². The van der Waals surface area contributed by atoms with Crippen LogP contribution in [0.1, 0.15) is 36.0 Å². The van der Waals surface area contributed by atoms with E-state index < -0.39 is 0 Å². The van der Waals surface area contributed by atoms with Gasteiger partial charge in [-0.25, -0.2) is 4.79 Å². The lowest BCUT2D eigenvalue weighted by Crippen LogP contribution is -2.46. The van der Waals surface area contributed by atoms with E-state index in [9.17, 15) is 4.79 Å². The Balaban J connectivity index is 0.000000182. The predicted octanol–water partition coefficient (Wildman–Crippen LogP) is 8.49. The van der Waals surface area contributed by atoms with Crippen molar-refractivity contribution >= 4 is 117 Å². The minimum Gasteiger partial charge on any atom is -0.497 e. The fraction of sp³-hybridized carbons (Fsp3) is 0.279. The van der Waals surface area contributed by atoms with E-state index in [1.54, 1.807) is 43.8 Å². The minimum atomic E-state index is -0.359. The Bertz CT molecular complexity index is 2470. The fourth-order valence-corrected chi connectivity index (χ4v) is 8.57. The number of aromatic nitrogens is 4. The van der Waals surface area contributed by atoms with Crippen molar-refractivity contribution in [1.29, 1.82) is 0 Å². The molecule has 0 spiro atoms. The van der Waals surface area contributed by atoms with Gasteiger partial charge in [-0.2, -0.15) is 10.2 Å². The fourth-order valence-electron chi connectivity index (χ4n) is 7.24. The molecule has 0 saturated carbocycles. The van der Waals surface area contributed by atoms with E-state index >= 15 is 0 Å². The van der Waals surface area contributed by atoms with Crippen LogP contribution in [0.5, 0.6) is 5.75 Å². The molecule has 0 unspecified atom stereocenters. The molecular formula is C43H44Br2N10O3S2. The number of piperidine rings is 2. The maximum atomic E-state index is 11.5. The Kier molecular flexibility index (Phi) is 14.5. The topological polar surface area (TPSA) is 142 Å². The zero-order chi connectivity index (χ0) is 42.0. The number of halogens is 2. The second-order valence-corrected chi connectivity index (χ2v) is 17.0. The van der Waals surface area contributed by atoms with E-state index in [2.05, 4.69) is 108 Å². The third-order valence-corrected chi connectivity index (χ3v) is 11.8. The molecule has 0 amide bonds. The number of rotatable bonds is 8. The maximum Gasteiger partial charge on any atom is 0.337 e. The van der Waals surface area contributed by atoms with Crippen LogP contribution in [0.4, 0.5) is 23.0 Å². The predicted molar refractivity (Wildman–Crippen MR) is 254 cm³/mol. The van der Waals surface area contributed by atoms with E-state index in [0.29, 0.717) is 21.8 Å². The lowest BCUT2D eigenvalue weighted by molar-refractivity contribution is 0.0600. The molecule has 4 N–H and O–H groups in total. The second kappa shape index (κ2) is 20.4. The van der Waals surface area contributed by atoms with Gasteiger partial charge in [-0.05, 0) is 123 Å². The average Bonchev–Trinajstić information content (AvgIpc) is 3.26. The highest BCUT2D eigenvalue weighted by atomic mass is 79.9. The summed E-state index contributed by atoms with van der Waals surface area (Å²) in [5.41, 5.74) is 2.24. The number of carbonyl (C=O) groups excluding carboxylic acids is 1. The smallest absolute Gasteiger partial charge is 0.337 e. The molecule has 0 bridgehead atoms. The number of carbonyl (C=O) groups is 1. The van der Waals surface area contributed by atoms with Crippen molar-refractivity contribution in [2.24, 2.45) is 0 Å². The van der Waals surface area contributed by atoms with Crippen LogP contribution in [0.25, 0.3) is 21.5 Å². The van der Waals surface area contributed by atoms with E-state index in [-0.39, 0.29) is 12.0 Å². The minimum absolute atomic E-state index is 0.280. The van der Waals surface area contributed by atoms with Crippen LogP contribution in [0.2, 0.25) is 0 Å². The number of benzene rings is 4. The number of nitrogens with zero attached hydrogens (tertiary/aromatic N) is 6. The first kappa shape index (κ1) is 42.9. The highest BCUT2D eigenvalue weighted by molar-refractivity contribution is 9.10. The molecule has 4 aromatic carbocycles. The third-order valence-electron chi connectivity index (χ3n) is 10.4. The molecule has 2 aliphatic rings. The zero-order valence-electron chi connectivity index (χ0n) is 33.0. The van der Waals surface area contributed by atoms with Crippen molar-refractivity contribution in [2.45, 2.75) is 37.8 Å². The Hall–Kier alpha value is -5.23. The number of fused-ring (bicyclic) bond motifs is 2. The summed E-state index contributed by atoms with van der Waals surface area (Å²) in [6, 6.07) is 27.8. The van der Waals surface area contributed by atoms with Gasteiger partial charge in [-0.1, -0.05) is 37.9 Å². The molecule has 8 rings (SSSR count). The van der Waals surface area contributed by atoms with Gasteiger partial charge < -0.3 is 40.5 Å². The molecule has 2 aromatic heterocycles. The van der Waals surface area contributed by atoms with Crippen molar-refractivity contribution in [3.05, 3.63) is 112 Å². The third kappa shape index (κ3) is 11.1. The van der Waals surface area contributed by atoms with Crippen LogP contribution < -0.4 is 35.8 Å². The van der Waals surface area contributed by atoms with Crippen LogP contribution >= 0.6 is 56.3 Å². The zero-order valence-corrected chi connectivity index (χ0v) is 37.8. The molecule has 6 aromatic rings. The average molecular weight is 973 g/mol. The summed E-state index contributed by atoms with van der Waals surface area (Å²) in [5, 5.41) is 36.0. The van der Waals surface area contributed by atoms with Crippen molar-refractivity contribution in [3.63, 3.8) is 0 Å². The van der Waals surface area contributed by atoms with Gasteiger partial charge in [0, 0.05) is 86.2 Å². The summed E-state index contributed by atoms with van der Waals surface area (Å²) in [4.78, 5) is 16.1. The summed E-state index contributed by atoms with van der Waals surface area (Å²) in [5.74, 6) is 2.32. The van der Waals surface area contributed by atoms with E-state index in [1.165, 1.54) is 7.11 Å². The molecular weight excluding hydrogens is 928 g/mol. The number of anilines is 4. The van der Waals surface area contributed by atoms with E-state index in [1.807, 2.05) is 36.4 Å². The molecule has 0 aliphatic carbocycles. The number of nitrogens with one attached hydrogen (secondary N) is 4. The highest BCUT2D eigenvalue weighted by Crippen LogP contribution is 2.30. The Morgan fingerprint density at radius 3 is 1.65 bits per heavy atom. The van der Waals surface area contributed by atoms with Gasteiger partial charge in [0.15, 0.2) is 21.9 Å². The normalized spacial score (nSPS) is 14.5. The first-order valence-corrected chi connectivity index (χ1v) is 21.8. The second-order valence-electron chi connectivity index (χ2n) is 14.3. The van der Waals surface area contributed by atoms with Crippen molar-refractivity contribution < 1.29 is 14.3 Å². The number of hydrogen-bond acceptors (Lipinski definition) is 11. The van der Waals surface area contributed by atoms with Crippen molar-refractivity contribution in [3.8, 4) is 5.75 Å². The maximum absolute atomic E-state index is 11.5. The summed E-state index contributed by atoms with van der Waals surface area (Å²) in [6.45, 7) is 3.56. The number of methoxy groups -OCH3 is 2. The first-order valence-electron chi connectivity index (χ1n) is 19.4. The van der Waals surface area contributed by atoms with Crippen LogP contribution in [0, 0.1) is 0 Å². The quantitative estimate of drug-likeness (QED) is 0.0855. The lowest BCUT2D eigenvalue weighted by atomic mass is 10.0. The molecule has 13 nitrogen and oxygen atoms in total. The van der Waals surface area contributed by atoms with Crippen LogP contribution in [0.15, 0.2) is 106 Å². The van der Waals surface area contributed by atoms with Crippen LogP contribution in [0.3, 0.4) is 0 Å². The first-order chi connectivity index (χ1) is 29.1. The molecule has 310 valence electrons. The van der Waals surface area contributed by atoms with Gasteiger partial charge in [0.25, 0.3) is 0 Å². The Morgan fingerprint density at radius 1 is 0.667 bits per heavy atom. The van der Waals surface area contributed by atoms with Gasteiger partial charge >= 0.3 is 5.97 Å². The van der Waals surface area contributed by atoms with E-state index in [0.717, 1.165) is 111 Å². The van der Waals surface area contributed by atoms with Gasteiger partial charge in [0.2, 0.25) is 0 Å². The largest absolute Gasteiger partial charge is 0.497 e. The monoisotopic (exact) mass is 970 g/mol. The summed E-state index contributed by atoms with van der Waals surface area (Å²) >= 11 is 18.0. The molecule has 0 atom stereocenters. The van der Waals surface area contributed by atoms with Crippen molar-refractivity contribution in [2.75, 3.05) is 60.8 Å². The summed E-state index contributed by atoms with van der Waals surface area (Å²) in [6.07, 6.45) is 7.44. The van der Waals surface area contributed by atoms with Gasteiger partial charge in [-0.3, -0.25) is 0 Å². The number of hydrogen-bond donors (Lipinski definition) is 4. The summed E-state index contributed by atoms with van der Waals surface area (Å²) < 4.78 is 12.0. The number of ether oxygens (including phenoxy) is 2. The number of esters is 1. The van der Waals surface area contributed by atoms with Gasteiger partial charge in [0.1, 0.15) is 5.75 Å². The molecule has 4 heterocycles. The van der Waals surface area contributed by atoms with Crippen LogP contribution in [-0.2, 0) is 4.74 Å². The molecule has 60 heavy (non-hydrogen) atoms. The summed E-state index contributed by atoms with van der Waals surface area (Å²) in [7, 11) is 3.02. The standard InChI is InChI=1S/C22H22BrN5O2S.C21H22BrN5OS/c1-30-21(29)14-2-5-17(6-3-14)25-22(31)26-18-8-10-28(11-9-18)20-19-7-4-16(23)12-15(19)13-24-27-20;1-28-18-4-2-3-17(12-18)25-21(29)24-16-7-9-27(10-8-16)20-19-6-5-15(22)11-14(19)13-23-26-20/h2-7,12-13,18H,8-11H2,1H3,(H2,25,26,31);2-6,11-13,16H,7-10H2,1H3,(H2,24,25,29). The lowest BCUT2D eigenvalue weighted by Gasteiger charge is -2.34. The SMILES string of the molecule is COC(=O)c1ccc(NC(=S)NC2CCN(c3nncc4cc(Br)ccc34)CC2)cc1.COc1cccc(NC(=S)NC2CCN(c3nncc4cc(Br)ccc34)CC2)c1. The van der Waals surface area contributed by atoms with E-state index in [4.69, 9.17) is 33.9 Å².